The van der Waals surface area contributed by atoms with E-state index in [-0.39, 0.29) is 12.5 Å². The maximum absolute atomic E-state index is 12.8. The van der Waals surface area contributed by atoms with Crippen molar-refractivity contribution in [1.29, 1.82) is 0 Å². The molecule has 0 bridgehead atoms. The van der Waals surface area contributed by atoms with Crippen LogP contribution in [0, 0.1) is 0 Å². The number of aromatic nitrogens is 3. The van der Waals surface area contributed by atoms with Crippen molar-refractivity contribution in [2.75, 3.05) is 13.2 Å². The molecule has 0 aliphatic carbocycles. The number of carbonyl (C=O) groups is 1. The molecule has 126 valence electrons. The second-order valence-corrected chi connectivity index (χ2v) is 6.89. The maximum atomic E-state index is 12.8. The van der Waals surface area contributed by atoms with Gasteiger partial charge >= 0.3 is 0 Å². The van der Waals surface area contributed by atoms with Crippen molar-refractivity contribution < 1.29 is 15.0 Å². The molecule has 1 amide bonds. The second-order valence-electron chi connectivity index (χ2n) is 5.94. The van der Waals surface area contributed by atoms with E-state index in [4.69, 9.17) is 5.11 Å². The lowest BCUT2D eigenvalue weighted by atomic mass is 10.2. The van der Waals surface area contributed by atoms with Crippen molar-refractivity contribution in [3.8, 4) is 0 Å². The van der Waals surface area contributed by atoms with E-state index in [0.29, 0.717) is 31.0 Å². The van der Waals surface area contributed by atoms with Crippen LogP contribution in [0.4, 0.5) is 0 Å². The molecule has 0 radical (unpaired) electrons. The Hall–Kier alpha value is -2.16. The molecule has 0 fully saturated rings. The SMILES string of the molecule is O=C(c1cc2sccc2[nH]1)N1CCCn2nc([C@@H](O)CO)cc2C1. The van der Waals surface area contributed by atoms with Gasteiger partial charge in [-0.05, 0) is 30.0 Å². The van der Waals surface area contributed by atoms with Gasteiger partial charge in [0.25, 0.3) is 5.91 Å². The van der Waals surface area contributed by atoms with Gasteiger partial charge in [0, 0.05) is 13.1 Å². The van der Waals surface area contributed by atoms with Crippen molar-refractivity contribution in [1.82, 2.24) is 19.7 Å². The first-order valence-electron chi connectivity index (χ1n) is 7.87. The Bertz CT molecular complexity index is 853. The van der Waals surface area contributed by atoms with Crippen LogP contribution in [0.5, 0.6) is 0 Å². The maximum Gasteiger partial charge on any atom is 0.270 e. The highest BCUT2D eigenvalue weighted by atomic mass is 32.1. The minimum absolute atomic E-state index is 0.0303. The molecule has 24 heavy (non-hydrogen) atoms. The van der Waals surface area contributed by atoms with Crippen molar-refractivity contribution >= 4 is 27.5 Å². The molecular weight excluding hydrogens is 328 g/mol. The summed E-state index contributed by atoms with van der Waals surface area (Å²) in [5, 5.41) is 25.2. The van der Waals surface area contributed by atoms with Crippen molar-refractivity contribution in [3.63, 3.8) is 0 Å². The highest BCUT2D eigenvalue weighted by Gasteiger charge is 2.24. The number of fused-ring (bicyclic) bond motifs is 2. The highest BCUT2D eigenvalue weighted by Crippen LogP contribution is 2.24. The minimum Gasteiger partial charge on any atom is -0.393 e. The summed E-state index contributed by atoms with van der Waals surface area (Å²) < 4.78 is 2.89. The number of carbonyl (C=O) groups excluding carboxylic acids is 1. The summed E-state index contributed by atoms with van der Waals surface area (Å²) in [6.07, 6.45) is -0.187. The summed E-state index contributed by atoms with van der Waals surface area (Å²) in [6.45, 7) is 1.43. The van der Waals surface area contributed by atoms with Gasteiger partial charge in [-0.15, -0.1) is 11.3 Å². The summed E-state index contributed by atoms with van der Waals surface area (Å²) in [4.78, 5) is 17.8. The number of nitrogens with zero attached hydrogens (tertiary/aromatic N) is 3. The summed E-state index contributed by atoms with van der Waals surface area (Å²) in [5.74, 6) is -0.0303. The monoisotopic (exact) mass is 346 g/mol. The average Bonchev–Trinajstić information content (AvgIpc) is 3.25. The smallest absolute Gasteiger partial charge is 0.270 e. The first-order valence-corrected chi connectivity index (χ1v) is 8.74. The lowest BCUT2D eigenvalue weighted by Gasteiger charge is -2.19. The highest BCUT2D eigenvalue weighted by molar-refractivity contribution is 7.17. The fourth-order valence-corrected chi connectivity index (χ4v) is 3.83. The number of amides is 1. The molecule has 0 unspecified atom stereocenters. The zero-order valence-electron chi connectivity index (χ0n) is 13.0. The first kappa shape index (κ1) is 15.4. The molecule has 4 heterocycles. The van der Waals surface area contributed by atoms with Crippen molar-refractivity contribution in [3.05, 3.63) is 40.7 Å². The Labute approximate surface area is 142 Å². The van der Waals surface area contributed by atoms with Gasteiger partial charge < -0.3 is 20.1 Å². The van der Waals surface area contributed by atoms with E-state index in [0.717, 1.165) is 22.3 Å². The van der Waals surface area contributed by atoms with Crippen LogP contribution in [-0.4, -0.2) is 48.9 Å². The summed E-state index contributed by atoms with van der Waals surface area (Å²) in [6, 6.07) is 5.63. The van der Waals surface area contributed by atoms with Gasteiger partial charge in [0.1, 0.15) is 11.8 Å². The van der Waals surface area contributed by atoms with Gasteiger partial charge in [-0.1, -0.05) is 0 Å². The third-order valence-electron chi connectivity index (χ3n) is 4.30. The third kappa shape index (κ3) is 2.62. The number of aryl methyl sites for hydroxylation is 1. The standard InChI is InChI=1S/C16H18N4O3S/c21-9-14(22)12-6-10-8-19(3-1-4-20(10)18-12)16(23)13-7-15-11(17-13)2-5-24-15/h2,5-7,14,17,21-22H,1,3-4,8-9H2/t14-/m0/s1. The van der Waals surface area contributed by atoms with Gasteiger partial charge in [0.2, 0.25) is 0 Å². The molecule has 0 spiro atoms. The number of aliphatic hydroxyl groups is 2. The van der Waals surface area contributed by atoms with E-state index in [2.05, 4.69) is 10.1 Å². The van der Waals surface area contributed by atoms with Crippen LogP contribution in [0.25, 0.3) is 10.2 Å². The molecule has 3 aromatic rings. The number of nitrogens with one attached hydrogen (secondary N) is 1. The molecule has 0 saturated carbocycles. The van der Waals surface area contributed by atoms with Crippen LogP contribution in [0.15, 0.2) is 23.6 Å². The Morgan fingerprint density at radius 3 is 3.08 bits per heavy atom. The molecule has 0 aromatic carbocycles. The Balaban J connectivity index is 1.58. The van der Waals surface area contributed by atoms with Crippen LogP contribution in [0.2, 0.25) is 0 Å². The molecular formula is C16H18N4O3S. The van der Waals surface area contributed by atoms with Crippen molar-refractivity contribution in [2.45, 2.75) is 25.6 Å². The van der Waals surface area contributed by atoms with Crippen LogP contribution in [-0.2, 0) is 13.1 Å². The fourth-order valence-electron chi connectivity index (χ4n) is 3.05. The first-order chi connectivity index (χ1) is 11.7. The molecule has 1 aliphatic rings. The van der Waals surface area contributed by atoms with Crippen LogP contribution in [0.3, 0.4) is 0 Å². The average molecular weight is 346 g/mol. The largest absolute Gasteiger partial charge is 0.393 e. The number of hydrogen-bond acceptors (Lipinski definition) is 5. The second kappa shape index (κ2) is 6.04. The summed E-state index contributed by atoms with van der Waals surface area (Å²) >= 11 is 1.61. The van der Waals surface area contributed by atoms with Crippen LogP contribution < -0.4 is 0 Å². The predicted octanol–water partition coefficient (Wildman–Crippen LogP) is 1.50. The Morgan fingerprint density at radius 2 is 2.29 bits per heavy atom. The van der Waals surface area contributed by atoms with Gasteiger partial charge in [-0.2, -0.15) is 5.10 Å². The van der Waals surface area contributed by atoms with Crippen molar-refractivity contribution in [2.24, 2.45) is 0 Å². The third-order valence-corrected chi connectivity index (χ3v) is 5.17. The molecule has 3 N–H and O–H groups in total. The number of hydrogen-bond donors (Lipinski definition) is 3. The molecule has 0 saturated heterocycles. The van der Waals surface area contributed by atoms with Gasteiger partial charge in [-0.25, -0.2) is 0 Å². The molecule has 4 rings (SSSR count). The number of H-pyrrole nitrogens is 1. The minimum atomic E-state index is -0.983. The number of thiophene rings is 1. The van der Waals surface area contributed by atoms with Crippen LogP contribution in [0.1, 0.15) is 34.4 Å². The van der Waals surface area contributed by atoms with Gasteiger partial charge in [0.15, 0.2) is 0 Å². The molecule has 7 nitrogen and oxygen atoms in total. The van der Waals surface area contributed by atoms with E-state index < -0.39 is 6.10 Å². The Kier molecular flexibility index (Phi) is 3.87. The zero-order valence-corrected chi connectivity index (χ0v) is 13.8. The van der Waals surface area contributed by atoms with E-state index in [9.17, 15) is 9.90 Å². The van der Waals surface area contributed by atoms with Gasteiger partial charge in [-0.3, -0.25) is 9.48 Å². The van der Waals surface area contributed by atoms with E-state index in [1.165, 1.54) is 0 Å². The normalized spacial score (nSPS) is 16.2. The molecule has 1 atom stereocenters. The summed E-state index contributed by atoms with van der Waals surface area (Å²) in [5.41, 5.74) is 2.90. The molecule has 1 aliphatic heterocycles. The Morgan fingerprint density at radius 1 is 1.42 bits per heavy atom. The van der Waals surface area contributed by atoms with Gasteiger partial charge in [0.05, 0.1) is 34.8 Å². The zero-order chi connectivity index (χ0) is 16.7. The van der Waals surface area contributed by atoms with Crippen LogP contribution >= 0.6 is 11.3 Å². The topological polar surface area (TPSA) is 94.4 Å². The lowest BCUT2D eigenvalue weighted by molar-refractivity contribution is 0.0740. The molecule has 8 heteroatoms. The van der Waals surface area contributed by atoms with E-state index in [1.807, 2.05) is 22.2 Å². The van der Waals surface area contributed by atoms with E-state index >= 15 is 0 Å². The predicted molar refractivity (Wildman–Crippen MR) is 89.8 cm³/mol. The molecule has 3 aromatic heterocycles. The van der Waals surface area contributed by atoms with E-state index in [1.54, 1.807) is 22.3 Å². The lowest BCUT2D eigenvalue weighted by Crippen LogP contribution is -2.30. The number of aliphatic hydroxyl groups excluding tert-OH is 2. The quantitative estimate of drug-likeness (QED) is 0.670. The number of aromatic amines is 1. The number of rotatable bonds is 3. The fraction of sp³-hybridized carbons (Fsp3) is 0.375. The summed E-state index contributed by atoms with van der Waals surface area (Å²) in [7, 11) is 0.